The Kier molecular flexibility index (Phi) is 5.64. The molecule has 0 fully saturated rings. The van der Waals surface area contributed by atoms with Crippen molar-refractivity contribution in [3.05, 3.63) is 53.8 Å². The van der Waals surface area contributed by atoms with Gasteiger partial charge < -0.3 is 19.2 Å². The van der Waals surface area contributed by atoms with Gasteiger partial charge in [0.1, 0.15) is 22.0 Å². The summed E-state index contributed by atoms with van der Waals surface area (Å²) in [4.78, 5) is 1.94. The number of methoxy groups -OCH3 is 1. The third-order valence-corrected chi connectivity index (χ3v) is 6.04. The quantitative estimate of drug-likeness (QED) is 0.588. The van der Waals surface area contributed by atoms with Gasteiger partial charge in [0.05, 0.1) is 7.11 Å². The molecule has 1 unspecified atom stereocenters. The van der Waals surface area contributed by atoms with Crippen molar-refractivity contribution in [3.63, 3.8) is 0 Å². The first-order valence-corrected chi connectivity index (χ1v) is 10.3. The van der Waals surface area contributed by atoms with Gasteiger partial charge in [0.25, 0.3) is 0 Å². The van der Waals surface area contributed by atoms with Gasteiger partial charge in [-0.1, -0.05) is 19.1 Å². The van der Waals surface area contributed by atoms with Gasteiger partial charge in [-0.2, -0.15) is 4.72 Å². The van der Waals surface area contributed by atoms with E-state index < -0.39 is 16.3 Å². The molecular formula is C20H24N2O5S. The van der Waals surface area contributed by atoms with Gasteiger partial charge in [0.15, 0.2) is 6.23 Å². The predicted octanol–water partition coefficient (Wildman–Crippen LogP) is 3.04. The Balaban J connectivity index is 1.94. The van der Waals surface area contributed by atoms with Crippen molar-refractivity contribution in [2.45, 2.75) is 24.5 Å². The van der Waals surface area contributed by atoms with E-state index in [4.69, 9.17) is 9.15 Å². The molecule has 0 bridgehead atoms. The maximum atomic E-state index is 12.9. The van der Waals surface area contributed by atoms with Crippen LogP contribution in [0.3, 0.4) is 0 Å². The largest absolute Gasteiger partial charge is 0.495 e. The lowest BCUT2D eigenvalue weighted by molar-refractivity contribution is 0.141. The van der Waals surface area contributed by atoms with Gasteiger partial charge in [-0.15, -0.1) is 0 Å². The fourth-order valence-corrected chi connectivity index (χ4v) is 4.52. The molecule has 1 heterocycles. The van der Waals surface area contributed by atoms with Crippen molar-refractivity contribution in [2.75, 3.05) is 26.1 Å². The first-order chi connectivity index (χ1) is 13.3. The molecule has 0 radical (unpaired) electrons. The summed E-state index contributed by atoms with van der Waals surface area (Å²) in [5.74, 6) is 0.335. The number of hydrogen-bond acceptors (Lipinski definition) is 6. The van der Waals surface area contributed by atoms with E-state index in [2.05, 4.69) is 4.72 Å². The molecule has 28 heavy (non-hydrogen) atoms. The van der Waals surface area contributed by atoms with Crippen LogP contribution in [-0.4, -0.2) is 34.7 Å². The number of ether oxygens (including phenoxy) is 1. The number of fused-ring (bicyclic) bond motifs is 1. The first-order valence-electron chi connectivity index (χ1n) is 8.84. The molecule has 7 nitrogen and oxygen atoms in total. The summed E-state index contributed by atoms with van der Waals surface area (Å²) < 4.78 is 39.0. The molecule has 0 aliphatic heterocycles. The van der Waals surface area contributed by atoms with Crippen LogP contribution >= 0.6 is 0 Å². The fraction of sp³-hybridized carbons (Fsp3) is 0.300. The predicted molar refractivity (Wildman–Crippen MR) is 108 cm³/mol. The van der Waals surface area contributed by atoms with Crippen molar-refractivity contribution < 1.29 is 22.7 Å². The van der Waals surface area contributed by atoms with E-state index in [9.17, 15) is 13.5 Å². The number of nitrogens with one attached hydrogen (secondary N) is 1. The minimum Gasteiger partial charge on any atom is -0.495 e. The number of rotatable bonds is 7. The van der Waals surface area contributed by atoms with E-state index in [1.54, 1.807) is 24.3 Å². The minimum absolute atomic E-state index is 0.0186. The number of sulfonamides is 1. The number of aryl methyl sites for hydroxylation is 1. The summed E-state index contributed by atoms with van der Waals surface area (Å²) >= 11 is 0. The number of hydrogen-bond donors (Lipinski definition) is 2. The Morgan fingerprint density at radius 1 is 1.21 bits per heavy atom. The topological polar surface area (TPSA) is 92.0 Å². The van der Waals surface area contributed by atoms with Crippen LogP contribution in [0, 0.1) is 0 Å². The second kappa shape index (κ2) is 7.83. The van der Waals surface area contributed by atoms with Crippen LogP contribution in [0.1, 0.15) is 24.5 Å². The number of anilines is 1. The first kappa shape index (κ1) is 20.2. The number of aliphatic hydroxyl groups excluding tert-OH is 1. The summed E-state index contributed by atoms with van der Waals surface area (Å²) in [6.45, 7) is 1.85. The van der Waals surface area contributed by atoms with Crippen LogP contribution in [0.5, 0.6) is 5.75 Å². The smallest absolute Gasteiger partial charge is 0.247 e. The molecule has 0 amide bonds. The highest BCUT2D eigenvalue weighted by Gasteiger charge is 2.27. The molecular weight excluding hydrogens is 380 g/mol. The van der Waals surface area contributed by atoms with E-state index in [1.807, 2.05) is 44.1 Å². The van der Waals surface area contributed by atoms with Crippen molar-refractivity contribution >= 4 is 26.7 Å². The van der Waals surface area contributed by atoms with Gasteiger partial charge >= 0.3 is 0 Å². The van der Waals surface area contributed by atoms with Crippen molar-refractivity contribution in [3.8, 4) is 5.75 Å². The summed E-state index contributed by atoms with van der Waals surface area (Å²) in [5.41, 5.74) is 2.09. The molecule has 0 saturated heterocycles. The molecule has 1 aromatic heterocycles. The molecule has 2 N–H and O–H groups in total. The molecule has 3 aromatic rings. The summed E-state index contributed by atoms with van der Waals surface area (Å²) in [5, 5.41) is 11.3. The maximum absolute atomic E-state index is 12.9. The zero-order valence-electron chi connectivity index (χ0n) is 16.3. The van der Waals surface area contributed by atoms with Crippen LogP contribution in [0.15, 0.2) is 51.8 Å². The van der Waals surface area contributed by atoms with Gasteiger partial charge in [0, 0.05) is 31.2 Å². The SMILES string of the molecule is CCc1cccc(OC)c1S(=O)(=O)NC(O)c1cc2ccc(N(C)C)cc2o1. The molecule has 0 saturated carbocycles. The van der Waals surface area contributed by atoms with E-state index in [1.165, 1.54) is 7.11 Å². The second-order valence-corrected chi connectivity index (χ2v) is 8.24. The normalized spacial score (nSPS) is 12.9. The number of furan rings is 1. The van der Waals surface area contributed by atoms with E-state index in [-0.39, 0.29) is 16.4 Å². The molecule has 150 valence electrons. The zero-order valence-corrected chi connectivity index (χ0v) is 17.1. The molecule has 0 aliphatic carbocycles. The number of benzene rings is 2. The van der Waals surface area contributed by atoms with Crippen LogP contribution < -0.4 is 14.4 Å². The van der Waals surface area contributed by atoms with Crippen LogP contribution in [0.25, 0.3) is 11.0 Å². The summed E-state index contributed by atoms with van der Waals surface area (Å²) in [6.07, 6.45) is -1.03. The van der Waals surface area contributed by atoms with Crippen molar-refractivity contribution in [1.82, 2.24) is 4.72 Å². The standard InChI is InChI=1S/C20H24N2O5S/c1-5-13-7-6-8-16(26-4)19(13)28(24,25)21-20(23)18-11-14-9-10-15(22(2)3)12-17(14)27-18/h6-12,20-21,23H,5H2,1-4H3. The highest BCUT2D eigenvalue weighted by Crippen LogP contribution is 2.31. The lowest BCUT2D eigenvalue weighted by Gasteiger charge is -2.16. The van der Waals surface area contributed by atoms with E-state index in [0.29, 0.717) is 17.6 Å². The average Bonchev–Trinajstić information content (AvgIpc) is 3.10. The second-order valence-electron chi connectivity index (χ2n) is 6.59. The molecule has 3 rings (SSSR count). The number of aliphatic hydroxyl groups is 1. The van der Waals surface area contributed by atoms with Crippen molar-refractivity contribution in [2.24, 2.45) is 0 Å². The van der Waals surface area contributed by atoms with Gasteiger partial charge in [-0.25, -0.2) is 8.42 Å². The van der Waals surface area contributed by atoms with Crippen LogP contribution in [-0.2, 0) is 16.4 Å². The van der Waals surface area contributed by atoms with Gasteiger partial charge in [-0.05, 0) is 36.2 Å². The lowest BCUT2D eigenvalue weighted by atomic mass is 10.1. The molecule has 8 heteroatoms. The molecule has 0 aliphatic rings. The third kappa shape index (κ3) is 3.84. The Labute approximate surface area is 164 Å². The van der Waals surface area contributed by atoms with Gasteiger partial charge in [0.2, 0.25) is 10.0 Å². The Hall–Kier alpha value is -2.55. The van der Waals surface area contributed by atoms with Gasteiger partial charge in [-0.3, -0.25) is 0 Å². The molecule has 1 atom stereocenters. The number of nitrogens with zero attached hydrogens (tertiary/aromatic N) is 1. The molecule has 0 spiro atoms. The minimum atomic E-state index is -4.05. The zero-order chi connectivity index (χ0) is 20.5. The average molecular weight is 404 g/mol. The Bertz CT molecular complexity index is 1070. The van der Waals surface area contributed by atoms with Crippen LogP contribution in [0.2, 0.25) is 0 Å². The Morgan fingerprint density at radius 2 is 1.96 bits per heavy atom. The fourth-order valence-electron chi connectivity index (χ4n) is 3.02. The highest BCUT2D eigenvalue weighted by atomic mass is 32.2. The third-order valence-electron chi connectivity index (χ3n) is 4.51. The highest BCUT2D eigenvalue weighted by molar-refractivity contribution is 7.89. The Morgan fingerprint density at radius 3 is 2.61 bits per heavy atom. The molecule has 2 aromatic carbocycles. The van der Waals surface area contributed by atoms with Crippen LogP contribution in [0.4, 0.5) is 5.69 Å². The van der Waals surface area contributed by atoms with E-state index >= 15 is 0 Å². The van der Waals surface area contributed by atoms with E-state index in [0.717, 1.165) is 11.1 Å². The lowest BCUT2D eigenvalue weighted by Crippen LogP contribution is -2.29. The monoisotopic (exact) mass is 404 g/mol. The van der Waals surface area contributed by atoms with Crippen molar-refractivity contribution in [1.29, 1.82) is 0 Å². The summed E-state index contributed by atoms with van der Waals surface area (Å²) in [6, 6.07) is 12.2. The maximum Gasteiger partial charge on any atom is 0.247 e. The summed E-state index contributed by atoms with van der Waals surface area (Å²) in [7, 11) is 1.18.